The minimum absolute atomic E-state index is 0.0178. The van der Waals surface area contributed by atoms with Crippen LogP contribution in [0.2, 0.25) is 0 Å². The van der Waals surface area contributed by atoms with Gasteiger partial charge in [-0.1, -0.05) is 20.8 Å². The molecule has 0 unspecified atom stereocenters. The van der Waals surface area contributed by atoms with Gasteiger partial charge in [-0.15, -0.1) is 0 Å². The second-order valence-corrected chi connectivity index (χ2v) is 9.62. The molecule has 0 aromatic carbocycles. The van der Waals surface area contributed by atoms with E-state index in [4.69, 9.17) is 9.47 Å². The molecule has 25 heavy (non-hydrogen) atoms. The molecule has 3 fully saturated rings. The van der Waals surface area contributed by atoms with E-state index in [-0.39, 0.29) is 16.9 Å². The zero-order chi connectivity index (χ0) is 18.5. The number of ketones is 1. The van der Waals surface area contributed by atoms with Gasteiger partial charge in [-0.2, -0.15) is 0 Å². The molecular weight excluding hydrogens is 316 g/mol. The van der Waals surface area contributed by atoms with Gasteiger partial charge < -0.3 is 14.3 Å². The smallest absolute Gasteiger partial charge is 0.163 e. The molecule has 4 heteroatoms. The number of hydrogen-bond donors (Lipinski definition) is 0. The van der Waals surface area contributed by atoms with E-state index in [1.165, 1.54) is 0 Å². The number of rotatable bonds is 3. The lowest BCUT2D eigenvalue weighted by Crippen LogP contribution is -2.62. The van der Waals surface area contributed by atoms with Crippen LogP contribution in [0.4, 0.5) is 0 Å². The highest BCUT2D eigenvalue weighted by atomic mass is 16.7. The maximum absolute atomic E-state index is 12.9. The van der Waals surface area contributed by atoms with Crippen LogP contribution in [0.15, 0.2) is 0 Å². The molecule has 3 rings (SSSR count). The van der Waals surface area contributed by atoms with Gasteiger partial charge in [0.15, 0.2) is 5.79 Å². The van der Waals surface area contributed by atoms with Crippen molar-refractivity contribution in [3.8, 4) is 0 Å². The van der Waals surface area contributed by atoms with Crippen molar-refractivity contribution in [2.45, 2.75) is 91.5 Å². The molecule has 5 atom stereocenters. The van der Waals surface area contributed by atoms with Gasteiger partial charge in [0, 0.05) is 18.3 Å². The maximum Gasteiger partial charge on any atom is 0.163 e. The van der Waals surface area contributed by atoms with Crippen LogP contribution in [0.3, 0.4) is 0 Å². The lowest BCUT2D eigenvalue weighted by molar-refractivity contribution is -0.257. The second-order valence-electron chi connectivity index (χ2n) is 9.62. The molecule has 2 saturated carbocycles. The van der Waals surface area contributed by atoms with Crippen LogP contribution < -0.4 is 0 Å². The molecule has 1 aliphatic heterocycles. The Hall–Kier alpha value is -0.740. The fraction of sp³-hybridized carbons (Fsp3) is 0.905. The molecule has 0 spiro atoms. The van der Waals surface area contributed by atoms with Gasteiger partial charge in [-0.05, 0) is 62.7 Å². The summed E-state index contributed by atoms with van der Waals surface area (Å²) in [5.41, 5.74) is -0.466. The molecule has 2 aliphatic carbocycles. The molecule has 4 nitrogen and oxygen atoms in total. The zero-order valence-corrected chi connectivity index (χ0v) is 16.5. The van der Waals surface area contributed by atoms with Crippen LogP contribution in [0.25, 0.3) is 0 Å². The van der Waals surface area contributed by atoms with E-state index in [0.717, 1.165) is 32.0 Å². The first kappa shape index (κ1) is 19.0. The van der Waals surface area contributed by atoms with Gasteiger partial charge in [-0.3, -0.25) is 4.79 Å². The third kappa shape index (κ3) is 2.80. The van der Waals surface area contributed by atoms with E-state index in [2.05, 4.69) is 20.8 Å². The van der Waals surface area contributed by atoms with Crippen LogP contribution >= 0.6 is 0 Å². The highest BCUT2D eigenvalue weighted by Gasteiger charge is 2.64. The first-order chi connectivity index (χ1) is 11.6. The standard InChI is InChI=1S/C21H34O4/c1-18(2)24-14-12-19(3)15-7-8-16(23)21(5,10-6-13-22)20(15,4)11-9-17(19)25-18/h13,15,17H,6-12,14H2,1-5H3/t15-,17-,19-,20-,21-/m1/s1. The average molecular weight is 350 g/mol. The summed E-state index contributed by atoms with van der Waals surface area (Å²) in [6, 6.07) is 0. The minimum atomic E-state index is -0.540. The Morgan fingerprint density at radius 3 is 2.52 bits per heavy atom. The second kappa shape index (κ2) is 6.16. The summed E-state index contributed by atoms with van der Waals surface area (Å²) >= 11 is 0. The highest BCUT2D eigenvalue weighted by Crippen LogP contribution is 2.66. The van der Waals surface area contributed by atoms with Gasteiger partial charge in [0.25, 0.3) is 0 Å². The number of aldehydes is 1. The summed E-state index contributed by atoms with van der Waals surface area (Å²) in [6.07, 6.45) is 6.75. The summed E-state index contributed by atoms with van der Waals surface area (Å²) in [4.78, 5) is 24.0. The number of ether oxygens (including phenoxy) is 2. The number of Topliss-reactive ketones (excluding diaryl/α,β-unsaturated/α-hetero) is 1. The van der Waals surface area contributed by atoms with Crippen molar-refractivity contribution in [1.82, 2.24) is 0 Å². The van der Waals surface area contributed by atoms with Crippen molar-refractivity contribution in [3.63, 3.8) is 0 Å². The lowest BCUT2D eigenvalue weighted by Gasteiger charge is -2.63. The van der Waals surface area contributed by atoms with E-state index in [0.29, 0.717) is 37.6 Å². The topological polar surface area (TPSA) is 52.6 Å². The molecule has 0 N–H and O–H groups in total. The third-order valence-corrected chi connectivity index (χ3v) is 8.04. The number of carbonyl (C=O) groups excluding carboxylic acids is 2. The first-order valence-electron chi connectivity index (χ1n) is 9.88. The summed E-state index contributed by atoms with van der Waals surface area (Å²) in [5.74, 6) is 0.230. The molecule has 0 radical (unpaired) electrons. The van der Waals surface area contributed by atoms with Crippen molar-refractivity contribution in [3.05, 3.63) is 0 Å². The van der Waals surface area contributed by atoms with Crippen LogP contribution in [-0.2, 0) is 19.1 Å². The summed E-state index contributed by atoms with van der Waals surface area (Å²) in [6.45, 7) is 11.5. The molecule has 1 heterocycles. The minimum Gasteiger partial charge on any atom is -0.350 e. The summed E-state index contributed by atoms with van der Waals surface area (Å²) in [5, 5.41) is 0. The van der Waals surface area contributed by atoms with Gasteiger partial charge in [0.2, 0.25) is 0 Å². The van der Waals surface area contributed by atoms with Crippen molar-refractivity contribution in [2.24, 2.45) is 22.2 Å². The molecule has 1 saturated heterocycles. The normalized spacial score (nSPS) is 46.7. The largest absolute Gasteiger partial charge is 0.350 e. The van der Waals surface area contributed by atoms with Gasteiger partial charge >= 0.3 is 0 Å². The third-order valence-electron chi connectivity index (χ3n) is 8.04. The Morgan fingerprint density at radius 2 is 1.84 bits per heavy atom. The number of hydrogen-bond acceptors (Lipinski definition) is 4. The predicted molar refractivity (Wildman–Crippen MR) is 96.1 cm³/mol. The Balaban J connectivity index is 1.99. The molecule has 0 bridgehead atoms. The molecular formula is C21H34O4. The van der Waals surface area contributed by atoms with E-state index in [1.807, 2.05) is 13.8 Å². The number of fused-ring (bicyclic) bond motifs is 3. The average Bonchev–Trinajstić information content (AvgIpc) is 2.65. The van der Waals surface area contributed by atoms with E-state index < -0.39 is 11.2 Å². The van der Waals surface area contributed by atoms with Crippen molar-refractivity contribution >= 4 is 12.1 Å². The molecule has 3 aliphatic rings. The van der Waals surface area contributed by atoms with Crippen LogP contribution in [0.5, 0.6) is 0 Å². The van der Waals surface area contributed by atoms with Crippen LogP contribution in [0.1, 0.15) is 79.6 Å². The Morgan fingerprint density at radius 1 is 1.12 bits per heavy atom. The fourth-order valence-corrected chi connectivity index (χ4v) is 6.26. The Bertz CT molecular complexity index is 556. The first-order valence-corrected chi connectivity index (χ1v) is 9.88. The number of carbonyl (C=O) groups is 2. The molecule has 142 valence electrons. The van der Waals surface area contributed by atoms with Gasteiger partial charge in [-0.25, -0.2) is 0 Å². The van der Waals surface area contributed by atoms with E-state index >= 15 is 0 Å². The van der Waals surface area contributed by atoms with Gasteiger partial charge in [0.05, 0.1) is 12.7 Å². The monoisotopic (exact) mass is 350 g/mol. The van der Waals surface area contributed by atoms with Gasteiger partial charge in [0.1, 0.15) is 12.1 Å². The van der Waals surface area contributed by atoms with E-state index in [1.54, 1.807) is 0 Å². The zero-order valence-electron chi connectivity index (χ0n) is 16.5. The molecule has 0 aromatic rings. The fourth-order valence-electron chi connectivity index (χ4n) is 6.26. The quantitative estimate of drug-likeness (QED) is 0.712. The van der Waals surface area contributed by atoms with E-state index in [9.17, 15) is 9.59 Å². The lowest BCUT2D eigenvalue weighted by atomic mass is 9.41. The van der Waals surface area contributed by atoms with Crippen LogP contribution in [-0.4, -0.2) is 30.6 Å². The molecule has 0 aromatic heterocycles. The van der Waals surface area contributed by atoms with Crippen LogP contribution in [0, 0.1) is 22.2 Å². The Kier molecular flexibility index (Phi) is 4.69. The summed E-state index contributed by atoms with van der Waals surface area (Å²) in [7, 11) is 0. The SMILES string of the molecule is CC1(C)OCC[C@]2(C)[C@H]3CCC(=O)[C@@](C)(CCC=O)[C@]3(C)CC[C@H]2O1. The predicted octanol–water partition coefficient (Wildman–Crippen LogP) is 4.30. The maximum atomic E-state index is 12.9. The van der Waals surface area contributed by atoms with Crippen molar-refractivity contribution < 1.29 is 19.1 Å². The highest BCUT2D eigenvalue weighted by molar-refractivity contribution is 5.86. The molecule has 0 amide bonds. The Labute approximate surface area is 152 Å². The summed E-state index contributed by atoms with van der Waals surface area (Å²) < 4.78 is 12.4. The van der Waals surface area contributed by atoms with Crippen molar-refractivity contribution in [1.29, 1.82) is 0 Å². The van der Waals surface area contributed by atoms with Crippen molar-refractivity contribution in [2.75, 3.05) is 6.61 Å².